The molecule has 0 radical (unpaired) electrons. The number of imide groups is 1. The number of carbonyl (C=O) groups excluding carboxylic acids is 2. The van der Waals surface area contributed by atoms with Gasteiger partial charge in [-0.3, -0.25) is 14.5 Å². The number of carbonyl (C=O) groups is 2. The van der Waals surface area contributed by atoms with Crippen LogP contribution in [0.3, 0.4) is 0 Å². The molecule has 2 amide bonds. The van der Waals surface area contributed by atoms with E-state index in [2.05, 4.69) is 5.32 Å². The van der Waals surface area contributed by atoms with Crippen molar-refractivity contribution in [2.45, 2.75) is 20.8 Å². The third-order valence-corrected chi connectivity index (χ3v) is 4.53. The van der Waals surface area contributed by atoms with Gasteiger partial charge in [0.15, 0.2) is 0 Å². The van der Waals surface area contributed by atoms with Crippen LogP contribution in [0.15, 0.2) is 48.2 Å². The lowest BCUT2D eigenvalue weighted by atomic mass is 9.99. The summed E-state index contributed by atoms with van der Waals surface area (Å²) in [5, 5.41) is 3.13. The predicted molar refractivity (Wildman–Crippen MR) is 102 cm³/mol. The number of hydrogen-bond donors (Lipinski definition) is 1. The Bertz CT molecular complexity index is 915. The van der Waals surface area contributed by atoms with Crippen LogP contribution in [-0.2, 0) is 9.59 Å². The van der Waals surface area contributed by atoms with Crippen molar-refractivity contribution >= 4 is 23.1 Å². The van der Waals surface area contributed by atoms with Crippen molar-refractivity contribution in [2.24, 2.45) is 0 Å². The number of benzene rings is 2. The summed E-state index contributed by atoms with van der Waals surface area (Å²) in [5.41, 5.74) is 4.24. The molecule has 2 aromatic rings. The Morgan fingerprint density at radius 3 is 2.42 bits per heavy atom. The van der Waals surface area contributed by atoms with Crippen molar-refractivity contribution in [1.29, 1.82) is 0 Å². The number of para-hydroxylation sites is 2. The monoisotopic (exact) mass is 350 g/mol. The number of nitrogens with one attached hydrogen (secondary N) is 1. The van der Waals surface area contributed by atoms with E-state index < -0.39 is 0 Å². The summed E-state index contributed by atoms with van der Waals surface area (Å²) >= 11 is 0. The smallest absolute Gasteiger partial charge is 0.277 e. The quantitative estimate of drug-likeness (QED) is 0.838. The Hall–Kier alpha value is -3.08. The lowest BCUT2D eigenvalue weighted by Crippen LogP contribution is -2.28. The molecule has 5 heteroatoms. The van der Waals surface area contributed by atoms with Crippen LogP contribution < -0.4 is 10.1 Å². The Morgan fingerprint density at radius 1 is 1.00 bits per heavy atom. The first-order valence-electron chi connectivity index (χ1n) is 8.57. The van der Waals surface area contributed by atoms with Crippen molar-refractivity contribution in [3.63, 3.8) is 0 Å². The van der Waals surface area contributed by atoms with E-state index in [4.69, 9.17) is 4.74 Å². The number of likely N-dealkylation sites (N-methyl/N-ethyl adjacent to an activating group) is 1. The molecule has 0 atom stereocenters. The molecule has 1 aliphatic heterocycles. The summed E-state index contributed by atoms with van der Waals surface area (Å²) < 4.78 is 5.62. The maximum absolute atomic E-state index is 12.7. The van der Waals surface area contributed by atoms with Gasteiger partial charge in [0.05, 0.1) is 17.9 Å². The fraction of sp³-hybridized carbons (Fsp3) is 0.238. The third kappa shape index (κ3) is 3.08. The van der Waals surface area contributed by atoms with Gasteiger partial charge in [0, 0.05) is 7.05 Å². The zero-order valence-electron chi connectivity index (χ0n) is 15.4. The molecule has 3 rings (SSSR count). The summed E-state index contributed by atoms with van der Waals surface area (Å²) in [6, 6.07) is 13.1. The van der Waals surface area contributed by atoms with Crippen molar-refractivity contribution in [1.82, 2.24) is 4.90 Å². The number of amides is 2. The van der Waals surface area contributed by atoms with Crippen molar-refractivity contribution in [2.75, 3.05) is 19.0 Å². The highest BCUT2D eigenvalue weighted by Gasteiger charge is 2.37. The number of hydrogen-bond acceptors (Lipinski definition) is 4. The van der Waals surface area contributed by atoms with Crippen LogP contribution in [0.25, 0.3) is 5.57 Å². The Balaban J connectivity index is 2.11. The topological polar surface area (TPSA) is 58.6 Å². The maximum Gasteiger partial charge on any atom is 0.277 e. The van der Waals surface area contributed by atoms with Crippen LogP contribution >= 0.6 is 0 Å². The molecule has 0 bridgehead atoms. The summed E-state index contributed by atoms with van der Waals surface area (Å²) in [6.07, 6.45) is 0. The van der Waals surface area contributed by atoms with Crippen molar-refractivity contribution in [3.8, 4) is 5.75 Å². The molecule has 26 heavy (non-hydrogen) atoms. The van der Waals surface area contributed by atoms with Gasteiger partial charge in [-0.2, -0.15) is 0 Å². The fourth-order valence-electron chi connectivity index (χ4n) is 2.91. The molecule has 1 N–H and O–H groups in total. The van der Waals surface area contributed by atoms with Gasteiger partial charge in [-0.05, 0) is 49.6 Å². The van der Waals surface area contributed by atoms with E-state index in [1.54, 1.807) is 0 Å². The highest BCUT2D eigenvalue weighted by atomic mass is 16.5. The van der Waals surface area contributed by atoms with Crippen LogP contribution in [-0.4, -0.2) is 30.4 Å². The molecule has 0 unspecified atom stereocenters. The lowest BCUT2D eigenvalue weighted by Gasteiger charge is -2.13. The Kier molecular flexibility index (Phi) is 4.80. The van der Waals surface area contributed by atoms with Gasteiger partial charge in [-0.1, -0.05) is 30.3 Å². The summed E-state index contributed by atoms with van der Waals surface area (Å²) in [6.45, 7) is 6.41. The highest BCUT2D eigenvalue weighted by Crippen LogP contribution is 2.33. The molecule has 0 spiro atoms. The number of anilines is 1. The molecule has 0 fully saturated rings. The van der Waals surface area contributed by atoms with E-state index in [0.717, 1.165) is 21.6 Å². The standard InChI is InChI=1S/C21H22N2O3/c1-5-26-17-9-7-6-8-16(17)22-19-18(20(24)23(4)21(19)25)15-11-10-13(2)14(3)12-15/h6-12,22H,5H2,1-4H3. The van der Waals surface area contributed by atoms with Gasteiger partial charge in [0.1, 0.15) is 11.4 Å². The fourth-order valence-corrected chi connectivity index (χ4v) is 2.91. The molecular formula is C21H22N2O3. The summed E-state index contributed by atoms with van der Waals surface area (Å²) in [4.78, 5) is 26.5. The molecule has 0 saturated carbocycles. The second kappa shape index (κ2) is 7.04. The molecule has 1 aliphatic rings. The predicted octanol–water partition coefficient (Wildman–Crippen LogP) is 3.52. The average Bonchev–Trinajstić information content (AvgIpc) is 2.83. The molecule has 1 heterocycles. The van der Waals surface area contributed by atoms with Gasteiger partial charge in [-0.15, -0.1) is 0 Å². The minimum atomic E-state index is -0.352. The molecule has 0 saturated heterocycles. The molecule has 5 nitrogen and oxygen atoms in total. The number of rotatable bonds is 5. The minimum Gasteiger partial charge on any atom is -0.492 e. The summed E-state index contributed by atoms with van der Waals surface area (Å²) in [7, 11) is 1.49. The van der Waals surface area contributed by atoms with Gasteiger partial charge in [0.2, 0.25) is 0 Å². The maximum atomic E-state index is 12.7. The third-order valence-electron chi connectivity index (χ3n) is 4.53. The normalized spacial score (nSPS) is 14.2. The van der Waals surface area contributed by atoms with Crippen molar-refractivity contribution in [3.05, 3.63) is 64.9 Å². The van der Waals surface area contributed by atoms with E-state index in [1.807, 2.05) is 63.2 Å². The van der Waals surface area contributed by atoms with E-state index in [1.165, 1.54) is 7.05 Å². The largest absolute Gasteiger partial charge is 0.492 e. The number of ether oxygens (including phenoxy) is 1. The zero-order chi connectivity index (χ0) is 18.8. The zero-order valence-corrected chi connectivity index (χ0v) is 15.4. The molecule has 0 aliphatic carbocycles. The molecule has 2 aromatic carbocycles. The average molecular weight is 350 g/mol. The molecular weight excluding hydrogens is 328 g/mol. The van der Waals surface area contributed by atoms with E-state index in [0.29, 0.717) is 23.6 Å². The van der Waals surface area contributed by atoms with Crippen molar-refractivity contribution < 1.29 is 14.3 Å². The van der Waals surface area contributed by atoms with Gasteiger partial charge in [-0.25, -0.2) is 0 Å². The summed E-state index contributed by atoms with van der Waals surface area (Å²) in [5.74, 6) is -0.0269. The van der Waals surface area contributed by atoms with Crippen LogP contribution in [0.4, 0.5) is 5.69 Å². The second-order valence-electron chi connectivity index (χ2n) is 6.27. The van der Waals surface area contributed by atoms with Crippen LogP contribution in [0.2, 0.25) is 0 Å². The van der Waals surface area contributed by atoms with Crippen LogP contribution in [0.5, 0.6) is 5.75 Å². The Morgan fingerprint density at radius 2 is 1.73 bits per heavy atom. The lowest BCUT2D eigenvalue weighted by molar-refractivity contribution is -0.135. The van der Waals surface area contributed by atoms with Gasteiger partial charge >= 0.3 is 0 Å². The first kappa shape index (κ1) is 17.7. The second-order valence-corrected chi connectivity index (χ2v) is 6.27. The van der Waals surface area contributed by atoms with Crippen LogP contribution in [0.1, 0.15) is 23.6 Å². The van der Waals surface area contributed by atoms with E-state index in [-0.39, 0.29) is 17.5 Å². The van der Waals surface area contributed by atoms with E-state index in [9.17, 15) is 9.59 Å². The highest BCUT2D eigenvalue weighted by molar-refractivity contribution is 6.36. The van der Waals surface area contributed by atoms with Crippen LogP contribution in [0, 0.1) is 13.8 Å². The van der Waals surface area contributed by atoms with E-state index >= 15 is 0 Å². The Labute approximate surface area is 153 Å². The first-order valence-corrected chi connectivity index (χ1v) is 8.57. The van der Waals surface area contributed by atoms with Gasteiger partial charge < -0.3 is 10.1 Å². The SMILES string of the molecule is CCOc1ccccc1NC1=C(c2ccc(C)c(C)c2)C(=O)N(C)C1=O. The molecule has 134 valence electrons. The first-order chi connectivity index (χ1) is 12.4. The van der Waals surface area contributed by atoms with Gasteiger partial charge in [0.25, 0.3) is 11.8 Å². The number of aryl methyl sites for hydroxylation is 2. The minimum absolute atomic E-state index is 0.271. The molecule has 0 aromatic heterocycles. The number of nitrogens with zero attached hydrogens (tertiary/aromatic N) is 1.